The second-order valence-electron chi connectivity index (χ2n) is 7.31. The first-order valence-electron chi connectivity index (χ1n) is 9.94. The first-order chi connectivity index (χ1) is 13.3. The van der Waals surface area contributed by atoms with Crippen LogP contribution in [0, 0.1) is 0 Å². The van der Waals surface area contributed by atoms with Crippen LogP contribution in [0.5, 0.6) is 11.6 Å². The van der Waals surface area contributed by atoms with Gasteiger partial charge in [0.15, 0.2) is 5.82 Å². The van der Waals surface area contributed by atoms with E-state index in [1.807, 2.05) is 12.1 Å². The highest BCUT2D eigenvalue weighted by molar-refractivity contribution is 5.94. The molecular formula is C21H26N4O2. The van der Waals surface area contributed by atoms with Crippen LogP contribution in [0.15, 0.2) is 36.7 Å². The topological polar surface area (TPSA) is 67.3 Å². The van der Waals surface area contributed by atoms with Crippen molar-refractivity contribution in [3.05, 3.63) is 42.2 Å². The predicted molar refractivity (Wildman–Crippen MR) is 104 cm³/mol. The Kier molecular flexibility index (Phi) is 5.51. The molecule has 0 spiro atoms. The molecule has 4 rings (SSSR count). The van der Waals surface area contributed by atoms with Crippen molar-refractivity contribution in [3.8, 4) is 11.6 Å². The van der Waals surface area contributed by atoms with Gasteiger partial charge in [-0.15, -0.1) is 0 Å². The molecule has 6 heteroatoms. The molecule has 1 aliphatic heterocycles. The molecule has 2 aromatic rings. The van der Waals surface area contributed by atoms with Gasteiger partial charge in [0.1, 0.15) is 5.75 Å². The third-order valence-electron chi connectivity index (χ3n) is 5.32. The number of carbonyl (C=O) groups is 1. The lowest BCUT2D eigenvalue weighted by Gasteiger charge is -2.28. The monoisotopic (exact) mass is 366 g/mol. The zero-order chi connectivity index (χ0) is 18.5. The number of nitrogens with one attached hydrogen (secondary N) is 1. The van der Waals surface area contributed by atoms with Gasteiger partial charge >= 0.3 is 0 Å². The lowest BCUT2D eigenvalue weighted by molar-refractivity contribution is 0.0938. The molecule has 0 unspecified atom stereocenters. The van der Waals surface area contributed by atoms with Gasteiger partial charge in [0.05, 0.1) is 0 Å². The number of anilines is 1. The third kappa shape index (κ3) is 4.38. The highest BCUT2D eigenvalue weighted by Crippen LogP contribution is 2.30. The summed E-state index contributed by atoms with van der Waals surface area (Å²) in [4.78, 5) is 23.4. The van der Waals surface area contributed by atoms with E-state index in [0.29, 0.717) is 23.2 Å². The SMILES string of the molecule is O=C(NC1CCCC1)c1ccc(Oc2nccnc2N2CCCCC2)cc1. The second-order valence-corrected chi connectivity index (χ2v) is 7.31. The maximum atomic E-state index is 12.3. The molecule has 1 aliphatic carbocycles. The lowest BCUT2D eigenvalue weighted by Crippen LogP contribution is -2.32. The minimum atomic E-state index is -0.0121. The molecule has 1 aromatic heterocycles. The van der Waals surface area contributed by atoms with Crippen molar-refractivity contribution in [1.82, 2.24) is 15.3 Å². The average Bonchev–Trinajstić information content (AvgIpc) is 3.23. The normalized spacial score (nSPS) is 17.7. The summed E-state index contributed by atoms with van der Waals surface area (Å²) in [5, 5.41) is 3.11. The van der Waals surface area contributed by atoms with Crippen molar-refractivity contribution in [1.29, 1.82) is 0 Å². The highest BCUT2D eigenvalue weighted by Gasteiger charge is 2.19. The molecule has 0 radical (unpaired) electrons. The zero-order valence-corrected chi connectivity index (χ0v) is 15.6. The van der Waals surface area contributed by atoms with Crippen molar-refractivity contribution in [3.63, 3.8) is 0 Å². The van der Waals surface area contributed by atoms with E-state index in [2.05, 4.69) is 20.2 Å². The molecule has 2 fully saturated rings. The molecule has 1 amide bonds. The van der Waals surface area contributed by atoms with E-state index in [4.69, 9.17) is 4.74 Å². The van der Waals surface area contributed by atoms with Gasteiger partial charge in [-0.25, -0.2) is 9.97 Å². The molecule has 1 saturated heterocycles. The van der Waals surface area contributed by atoms with Gasteiger partial charge in [0.2, 0.25) is 0 Å². The minimum absolute atomic E-state index is 0.0121. The van der Waals surface area contributed by atoms with Crippen molar-refractivity contribution in [2.24, 2.45) is 0 Å². The Balaban J connectivity index is 1.43. The molecule has 0 atom stereocenters. The molecule has 6 nitrogen and oxygen atoms in total. The number of hydrogen-bond donors (Lipinski definition) is 1. The fourth-order valence-corrected chi connectivity index (χ4v) is 3.84. The van der Waals surface area contributed by atoms with Gasteiger partial charge in [0, 0.05) is 37.1 Å². The molecule has 1 aromatic carbocycles. The predicted octanol–water partition coefficient (Wildman–Crippen LogP) is 3.93. The Bertz CT molecular complexity index is 766. The Morgan fingerprint density at radius 1 is 0.963 bits per heavy atom. The van der Waals surface area contributed by atoms with Gasteiger partial charge in [-0.2, -0.15) is 0 Å². The van der Waals surface area contributed by atoms with Crippen LogP contribution in [0.1, 0.15) is 55.3 Å². The van der Waals surface area contributed by atoms with Crippen LogP contribution in [0.25, 0.3) is 0 Å². The fraction of sp³-hybridized carbons (Fsp3) is 0.476. The van der Waals surface area contributed by atoms with E-state index in [0.717, 1.165) is 31.7 Å². The summed E-state index contributed by atoms with van der Waals surface area (Å²) in [7, 11) is 0. The molecule has 27 heavy (non-hydrogen) atoms. The van der Waals surface area contributed by atoms with Gasteiger partial charge in [-0.1, -0.05) is 12.8 Å². The number of rotatable bonds is 5. The number of hydrogen-bond acceptors (Lipinski definition) is 5. The van der Waals surface area contributed by atoms with Crippen molar-refractivity contribution in [2.75, 3.05) is 18.0 Å². The third-order valence-corrected chi connectivity index (χ3v) is 5.32. The minimum Gasteiger partial charge on any atom is -0.436 e. The average molecular weight is 366 g/mol. The lowest BCUT2D eigenvalue weighted by atomic mass is 10.1. The standard InChI is InChI=1S/C21H26N4O2/c26-20(24-17-6-2-3-7-17)16-8-10-18(11-9-16)27-21-19(22-12-13-23-21)25-14-4-1-5-15-25/h8-13,17H,1-7,14-15H2,(H,24,26). The van der Waals surface area contributed by atoms with E-state index in [1.165, 1.54) is 32.1 Å². The number of piperidine rings is 1. The van der Waals surface area contributed by atoms with Crippen LogP contribution in [-0.4, -0.2) is 35.0 Å². The van der Waals surface area contributed by atoms with Gasteiger partial charge < -0.3 is 15.0 Å². The van der Waals surface area contributed by atoms with Crippen molar-refractivity contribution < 1.29 is 9.53 Å². The largest absolute Gasteiger partial charge is 0.436 e. The summed E-state index contributed by atoms with van der Waals surface area (Å²) < 4.78 is 5.98. The summed E-state index contributed by atoms with van der Waals surface area (Å²) in [6.45, 7) is 1.96. The first-order valence-corrected chi connectivity index (χ1v) is 9.94. The summed E-state index contributed by atoms with van der Waals surface area (Å²) in [6.07, 6.45) is 11.5. The van der Waals surface area contributed by atoms with E-state index in [-0.39, 0.29) is 5.91 Å². The van der Waals surface area contributed by atoms with Crippen LogP contribution < -0.4 is 15.0 Å². The molecular weight excluding hydrogens is 340 g/mol. The van der Waals surface area contributed by atoms with Crippen LogP contribution in [-0.2, 0) is 0 Å². The molecule has 0 bridgehead atoms. The Hall–Kier alpha value is -2.63. The van der Waals surface area contributed by atoms with Crippen LogP contribution in [0.4, 0.5) is 5.82 Å². The van der Waals surface area contributed by atoms with Crippen LogP contribution in [0.3, 0.4) is 0 Å². The molecule has 1 saturated carbocycles. The van der Waals surface area contributed by atoms with Gasteiger partial charge in [-0.3, -0.25) is 4.79 Å². The number of nitrogens with zero attached hydrogens (tertiary/aromatic N) is 3. The van der Waals surface area contributed by atoms with Crippen molar-refractivity contribution in [2.45, 2.75) is 51.0 Å². The summed E-state index contributed by atoms with van der Waals surface area (Å²) in [5.74, 6) is 1.95. The zero-order valence-electron chi connectivity index (χ0n) is 15.6. The molecule has 142 valence electrons. The quantitative estimate of drug-likeness (QED) is 0.868. The molecule has 1 N–H and O–H groups in total. The van der Waals surface area contributed by atoms with Gasteiger partial charge in [0.25, 0.3) is 11.8 Å². The number of amides is 1. The fourth-order valence-electron chi connectivity index (χ4n) is 3.84. The summed E-state index contributed by atoms with van der Waals surface area (Å²) >= 11 is 0. The summed E-state index contributed by atoms with van der Waals surface area (Å²) in [5.41, 5.74) is 0.657. The van der Waals surface area contributed by atoms with Crippen molar-refractivity contribution >= 4 is 11.7 Å². The first kappa shape index (κ1) is 17.8. The van der Waals surface area contributed by atoms with E-state index in [9.17, 15) is 4.79 Å². The summed E-state index contributed by atoms with van der Waals surface area (Å²) in [6, 6.07) is 7.56. The van der Waals surface area contributed by atoms with Gasteiger partial charge in [-0.05, 0) is 56.4 Å². The molecule has 2 heterocycles. The molecule has 2 aliphatic rings. The highest BCUT2D eigenvalue weighted by atomic mass is 16.5. The smallest absolute Gasteiger partial charge is 0.263 e. The Labute approximate surface area is 160 Å². The van der Waals surface area contributed by atoms with E-state index >= 15 is 0 Å². The Morgan fingerprint density at radius 3 is 2.41 bits per heavy atom. The number of ether oxygens (including phenoxy) is 1. The maximum absolute atomic E-state index is 12.3. The van der Waals surface area contributed by atoms with Crippen LogP contribution >= 0.6 is 0 Å². The second kappa shape index (κ2) is 8.37. The number of aromatic nitrogens is 2. The van der Waals surface area contributed by atoms with E-state index < -0.39 is 0 Å². The number of carbonyl (C=O) groups excluding carboxylic acids is 1. The van der Waals surface area contributed by atoms with Crippen LogP contribution in [0.2, 0.25) is 0 Å². The maximum Gasteiger partial charge on any atom is 0.263 e. The Morgan fingerprint density at radius 2 is 1.67 bits per heavy atom. The number of benzene rings is 1. The van der Waals surface area contributed by atoms with E-state index in [1.54, 1.807) is 24.5 Å².